The molecule has 2 aromatic rings. The van der Waals surface area contributed by atoms with Gasteiger partial charge in [0.1, 0.15) is 0 Å². The van der Waals surface area contributed by atoms with Crippen LogP contribution in [0.2, 0.25) is 0 Å². The Morgan fingerprint density at radius 1 is 1.38 bits per heavy atom. The molecule has 1 heterocycles. The minimum atomic E-state index is 0.555. The molecule has 0 saturated heterocycles. The van der Waals surface area contributed by atoms with Crippen molar-refractivity contribution in [3.05, 3.63) is 47.3 Å². The summed E-state index contributed by atoms with van der Waals surface area (Å²) >= 11 is 1.74. The van der Waals surface area contributed by atoms with Crippen molar-refractivity contribution in [3.63, 3.8) is 0 Å². The lowest BCUT2D eigenvalue weighted by Crippen LogP contribution is -1.95. The van der Waals surface area contributed by atoms with Crippen molar-refractivity contribution < 1.29 is 0 Å². The Morgan fingerprint density at radius 2 is 2.31 bits per heavy atom. The fourth-order valence-electron chi connectivity index (χ4n) is 1.23. The van der Waals surface area contributed by atoms with Crippen molar-refractivity contribution in [2.75, 3.05) is 0 Å². The first-order chi connectivity index (χ1) is 6.40. The molecular weight excluding hydrogens is 178 g/mol. The summed E-state index contributed by atoms with van der Waals surface area (Å²) in [7, 11) is 0. The molecule has 1 aromatic heterocycles. The van der Waals surface area contributed by atoms with E-state index in [1.807, 2.05) is 6.07 Å². The molecule has 0 bridgehead atoms. The van der Waals surface area contributed by atoms with Gasteiger partial charge in [-0.1, -0.05) is 18.2 Å². The van der Waals surface area contributed by atoms with Crippen molar-refractivity contribution >= 4 is 11.3 Å². The lowest BCUT2D eigenvalue weighted by atomic mass is 10.1. The average molecular weight is 188 g/mol. The van der Waals surface area contributed by atoms with Gasteiger partial charge in [0, 0.05) is 11.4 Å². The summed E-state index contributed by atoms with van der Waals surface area (Å²) < 4.78 is 0. The van der Waals surface area contributed by atoms with E-state index in [-0.39, 0.29) is 0 Å². The SMILES string of the molecule is NCc1[c]ccc(-c2cccs2)c1. The molecule has 2 N–H and O–H groups in total. The third-order valence-electron chi connectivity index (χ3n) is 1.89. The smallest absolute Gasteiger partial charge is 0.0342 e. The molecule has 1 nitrogen and oxygen atoms in total. The first kappa shape index (κ1) is 8.48. The summed E-state index contributed by atoms with van der Waals surface area (Å²) in [5.41, 5.74) is 7.84. The predicted molar refractivity (Wildman–Crippen MR) is 56.5 cm³/mol. The van der Waals surface area contributed by atoms with Crippen molar-refractivity contribution in [2.24, 2.45) is 5.73 Å². The van der Waals surface area contributed by atoms with E-state index < -0.39 is 0 Å². The molecular formula is C11H10NS. The molecule has 13 heavy (non-hydrogen) atoms. The number of rotatable bonds is 2. The molecule has 0 unspecified atom stereocenters. The summed E-state index contributed by atoms with van der Waals surface area (Å²) in [4.78, 5) is 1.28. The zero-order valence-corrected chi connectivity index (χ0v) is 7.97. The molecule has 1 radical (unpaired) electrons. The molecule has 0 fully saturated rings. The first-order valence-corrected chi connectivity index (χ1v) is 5.02. The molecule has 0 aliphatic heterocycles. The minimum absolute atomic E-state index is 0.555. The highest BCUT2D eigenvalue weighted by Crippen LogP contribution is 2.24. The topological polar surface area (TPSA) is 26.0 Å². The predicted octanol–water partition coefficient (Wildman–Crippen LogP) is 2.67. The summed E-state index contributed by atoms with van der Waals surface area (Å²) in [5, 5.41) is 2.08. The standard InChI is InChI=1S/C11H10NS/c12-8-9-3-1-4-10(7-9)11-5-2-6-13-11/h1-2,4-7H,8,12H2. The summed E-state index contributed by atoms with van der Waals surface area (Å²) in [6.07, 6.45) is 0. The van der Waals surface area contributed by atoms with E-state index in [2.05, 4.69) is 35.7 Å². The Balaban J connectivity index is 2.41. The highest BCUT2D eigenvalue weighted by atomic mass is 32.1. The fourth-order valence-corrected chi connectivity index (χ4v) is 1.95. The maximum absolute atomic E-state index is 5.54. The molecule has 0 amide bonds. The van der Waals surface area contributed by atoms with Gasteiger partial charge in [0.05, 0.1) is 0 Å². The van der Waals surface area contributed by atoms with Crippen LogP contribution in [0.5, 0.6) is 0 Å². The van der Waals surface area contributed by atoms with E-state index in [1.54, 1.807) is 11.3 Å². The Labute approximate surface area is 81.8 Å². The monoisotopic (exact) mass is 188 g/mol. The molecule has 1 aromatic carbocycles. The van der Waals surface area contributed by atoms with Crippen LogP contribution in [0, 0.1) is 6.07 Å². The van der Waals surface area contributed by atoms with E-state index >= 15 is 0 Å². The van der Waals surface area contributed by atoms with Gasteiger partial charge >= 0.3 is 0 Å². The van der Waals surface area contributed by atoms with Gasteiger partial charge in [-0.05, 0) is 34.7 Å². The summed E-state index contributed by atoms with van der Waals surface area (Å²) in [6, 6.07) is 13.3. The van der Waals surface area contributed by atoms with Gasteiger partial charge in [0.25, 0.3) is 0 Å². The minimum Gasteiger partial charge on any atom is -0.326 e. The Kier molecular flexibility index (Phi) is 2.43. The van der Waals surface area contributed by atoms with Gasteiger partial charge in [-0.3, -0.25) is 0 Å². The normalized spacial score (nSPS) is 10.2. The second-order valence-electron chi connectivity index (χ2n) is 2.78. The third kappa shape index (κ3) is 1.79. The van der Waals surface area contributed by atoms with Crippen LogP contribution >= 0.6 is 11.3 Å². The number of benzene rings is 1. The molecule has 65 valence electrons. The van der Waals surface area contributed by atoms with Crippen LogP contribution in [0.15, 0.2) is 35.7 Å². The molecule has 0 aliphatic carbocycles. The van der Waals surface area contributed by atoms with Gasteiger partial charge in [0.2, 0.25) is 0 Å². The maximum atomic E-state index is 5.54. The van der Waals surface area contributed by atoms with Crippen molar-refractivity contribution in [2.45, 2.75) is 6.54 Å². The maximum Gasteiger partial charge on any atom is 0.0342 e. The Morgan fingerprint density at radius 3 is 3.00 bits per heavy atom. The van der Waals surface area contributed by atoms with Crippen LogP contribution in [-0.2, 0) is 6.54 Å². The summed E-state index contributed by atoms with van der Waals surface area (Å²) in [6.45, 7) is 0.555. The van der Waals surface area contributed by atoms with Crippen LogP contribution in [0.1, 0.15) is 5.56 Å². The van der Waals surface area contributed by atoms with Crippen LogP contribution in [0.4, 0.5) is 0 Å². The van der Waals surface area contributed by atoms with Crippen molar-refractivity contribution in [1.82, 2.24) is 0 Å². The van der Waals surface area contributed by atoms with Gasteiger partial charge in [0.15, 0.2) is 0 Å². The second kappa shape index (κ2) is 3.73. The van der Waals surface area contributed by atoms with E-state index in [4.69, 9.17) is 5.73 Å². The lowest BCUT2D eigenvalue weighted by molar-refractivity contribution is 1.07. The van der Waals surface area contributed by atoms with Crippen LogP contribution in [-0.4, -0.2) is 0 Å². The van der Waals surface area contributed by atoms with E-state index in [0.29, 0.717) is 6.54 Å². The number of thiophene rings is 1. The molecule has 2 rings (SSSR count). The van der Waals surface area contributed by atoms with Gasteiger partial charge < -0.3 is 5.73 Å². The van der Waals surface area contributed by atoms with Gasteiger partial charge in [-0.2, -0.15) is 0 Å². The molecule has 0 atom stereocenters. The quantitative estimate of drug-likeness (QED) is 0.770. The highest BCUT2D eigenvalue weighted by molar-refractivity contribution is 7.13. The van der Waals surface area contributed by atoms with Crippen LogP contribution < -0.4 is 5.73 Å². The van der Waals surface area contributed by atoms with Gasteiger partial charge in [-0.15, -0.1) is 11.3 Å². The van der Waals surface area contributed by atoms with Crippen molar-refractivity contribution in [1.29, 1.82) is 0 Å². The summed E-state index contributed by atoms with van der Waals surface area (Å²) in [5.74, 6) is 0. The zero-order valence-electron chi connectivity index (χ0n) is 7.16. The third-order valence-corrected chi connectivity index (χ3v) is 2.81. The Bertz CT molecular complexity index is 379. The molecule has 0 saturated carbocycles. The molecule has 0 aliphatic rings. The van der Waals surface area contributed by atoms with E-state index in [9.17, 15) is 0 Å². The van der Waals surface area contributed by atoms with Crippen LogP contribution in [0.3, 0.4) is 0 Å². The van der Waals surface area contributed by atoms with Gasteiger partial charge in [-0.25, -0.2) is 0 Å². The number of nitrogens with two attached hydrogens (primary N) is 1. The lowest BCUT2D eigenvalue weighted by Gasteiger charge is -1.99. The number of hydrogen-bond donors (Lipinski definition) is 1. The molecule has 0 spiro atoms. The fraction of sp³-hybridized carbons (Fsp3) is 0.0909. The molecule has 2 heteroatoms. The number of hydrogen-bond acceptors (Lipinski definition) is 2. The van der Waals surface area contributed by atoms with E-state index in [0.717, 1.165) is 5.56 Å². The van der Waals surface area contributed by atoms with E-state index in [1.165, 1.54) is 10.4 Å². The largest absolute Gasteiger partial charge is 0.326 e. The first-order valence-electron chi connectivity index (χ1n) is 4.15. The second-order valence-corrected chi connectivity index (χ2v) is 3.73. The Hall–Kier alpha value is -1.12. The van der Waals surface area contributed by atoms with Crippen LogP contribution in [0.25, 0.3) is 10.4 Å². The highest BCUT2D eigenvalue weighted by Gasteiger charge is 1.98. The van der Waals surface area contributed by atoms with Crippen molar-refractivity contribution in [3.8, 4) is 10.4 Å². The average Bonchev–Trinajstić information content (AvgIpc) is 2.71. The zero-order chi connectivity index (χ0) is 9.10.